The lowest BCUT2D eigenvalue weighted by Crippen LogP contribution is -2.45. The van der Waals surface area contributed by atoms with Crippen molar-refractivity contribution in [2.45, 2.75) is 25.3 Å². The second-order valence-corrected chi connectivity index (χ2v) is 6.92. The van der Waals surface area contributed by atoms with Gasteiger partial charge < -0.3 is 10.1 Å². The standard InChI is InChI=1S/C18H23N3O3/c1-24-14-2-3-15-13(9-14)5-7-20-6-4-12(8-16(15)20)11-21-17(22)10-19-18(21)23/h2-3,9,12,16H,4-8,10-11H2,1H3,(H,19,23)/t12-,16+/m1/s1. The average molecular weight is 329 g/mol. The van der Waals surface area contributed by atoms with Crippen molar-refractivity contribution < 1.29 is 14.3 Å². The van der Waals surface area contributed by atoms with Crippen LogP contribution in [0.25, 0.3) is 0 Å². The molecular weight excluding hydrogens is 306 g/mol. The molecule has 2 atom stereocenters. The Morgan fingerprint density at radius 1 is 1.29 bits per heavy atom. The van der Waals surface area contributed by atoms with Crippen molar-refractivity contribution >= 4 is 11.9 Å². The Hall–Kier alpha value is -2.08. The van der Waals surface area contributed by atoms with Gasteiger partial charge in [-0.15, -0.1) is 0 Å². The molecule has 0 unspecified atom stereocenters. The fourth-order valence-electron chi connectivity index (χ4n) is 4.26. The summed E-state index contributed by atoms with van der Waals surface area (Å²) in [6, 6.07) is 6.51. The Labute approximate surface area is 141 Å². The van der Waals surface area contributed by atoms with Gasteiger partial charge in [0.1, 0.15) is 5.75 Å². The summed E-state index contributed by atoms with van der Waals surface area (Å²) >= 11 is 0. The number of hydrogen-bond donors (Lipinski definition) is 1. The number of nitrogens with zero attached hydrogens (tertiary/aromatic N) is 2. The number of imide groups is 1. The lowest BCUT2D eigenvalue weighted by molar-refractivity contribution is -0.125. The van der Waals surface area contributed by atoms with Gasteiger partial charge >= 0.3 is 6.03 Å². The van der Waals surface area contributed by atoms with Crippen molar-refractivity contribution in [2.75, 3.05) is 33.3 Å². The fraction of sp³-hybridized carbons (Fsp3) is 0.556. The minimum atomic E-state index is -0.240. The maximum atomic E-state index is 11.8. The van der Waals surface area contributed by atoms with Crippen molar-refractivity contribution in [1.29, 1.82) is 0 Å². The molecular formula is C18H23N3O3. The van der Waals surface area contributed by atoms with E-state index in [0.29, 0.717) is 18.5 Å². The summed E-state index contributed by atoms with van der Waals surface area (Å²) < 4.78 is 5.35. The van der Waals surface area contributed by atoms with E-state index in [1.807, 2.05) is 6.07 Å². The molecule has 24 heavy (non-hydrogen) atoms. The van der Waals surface area contributed by atoms with Crippen molar-refractivity contribution in [2.24, 2.45) is 5.92 Å². The molecule has 128 valence electrons. The summed E-state index contributed by atoms with van der Waals surface area (Å²) in [4.78, 5) is 27.5. The minimum absolute atomic E-state index is 0.101. The Balaban J connectivity index is 1.51. The summed E-state index contributed by atoms with van der Waals surface area (Å²) in [7, 11) is 1.70. The number of nitrogens with one attached hydrogen (secondary N) is 1. The van der Waals surface area contributed by atoms with E-state index >= 15 is 0 Å². The summed E-state index contributed by atoms with van der Waals surface area (Å²) in [6.07, 6.45) is 3.09. The molecule has 0 aromatic heterocycles. The van der Waals surface area contributed by atoms with Crippen molar-refractivity contribution in [3.63, 3.8) is 0 Å². The molecule has 3 aliphatic heterocycles. The maximum absolute atomic E-state index is 11.8. The number of fused-ring (bicyclic) bond motifs is 3. The number of amides is 3. The molecule has 0 aliphatic carbocycles. The van der Waals surface area contributed by atoms with Crippen LogP contribution in [0, 0.1) is 5.92 Å². The van der Waals surface area contributed by atoms with E-state index in [1.54, 1.807) is 7.11 Å². The average Bonchev–Trinajstić information content (AvgIpc) is 2.93. The number of benzene rings is 1. The second-order valence-electron chi connectivity index (χ2n) is 6.92. The van der Waals surface area contributed by atoms with E-state index in [2.05, 4.69) is 22.3 Å². The molecule has 1 aromatic carbocycles. The van der Waals surface area contributed by atoms with Gasteiger partial charge in [0.25, 0.3) is 0 Å². The molecule has 3 aliphatic rings. The zero-order chi connectivity index (χ0) is 16.7. The van der Waals surface area contributed by atoms with E-state index in [-0.39, 0.29) is 18.5 Å². The van der Waals surface area contributed by atoms with Crippen LogP contribution in [0.1, 0.15) is 30.0 Å². The quantitative estimate of drug-likeness (QED) is 0.855. The van der Waals surface area contributed by atoms with Gasteiger partial charge in [-0.3, -0.25) is 14.6 Å². The predicted molar refractivity (Wildman–Crippen MR) is 88.8 cm³/mol. The van der Waals surface area contributed by atoms with Gasteiger partial charge in [0.15, 0.2) is 0 Å². The Morgan fingerprint density at radius 2 is 2.17 bits per heavy atom. The van der Waals surface area contributed by atoms with Gasteiger partial charge in [0, 0.05) is 19.1 Å². The number of carbonyl (C=O) groups is 2. The maximum Gasteiger partial charge on any atom is 0.324 e. The number of carbonyl (C=O) groups excluding carboxylic acids is 2. The summed E-state index contributed by atoms with van der Waals surface area (Å²) in [6.45, 7) is 2.79. The lowest BCUT2D eigenvalue weighted by Gasteiger charge is -2.44. The third-order valence-corrected chi connectivity index (χ3v) is 5.58. The Bertz CT molecular complexity index is 659. The van der Waals surface area contributed by atoms with Gasteiger partial charge in [-0.1, -0.05) is 6.07 Å². The topological polar surface area (TPSA) is 61.9 Å². The number of piperidine rings is 1. The van der Waals surface area contributed by atoms with Crippen LogP contribution in [0.4, 0.5) is 4.79 Å². The van der Waals surface area contributed by atoms with Crippen LogP contribution < -0.4 is 10.1 Å². The smallest absolute Gasteiger partial charge is 0.324 e. The zero-order valence-corrected chi connectivity index (χ0v) is 14.0. The number of urea groups is 1. The molecule has 6 heteroatoms. The first kappa shape index (κ1) is 15.4. The van der Waals surface area contributed by atoms with E-state index < -0.39 is 0 Å². The molecule has 3 amide bonds. The normalized spacial score (nSPS) is 26.8. The molecule has 0 saturated carbocycles. The van der Waals surface area contributed by atoms with Crippen LogP contribution in [-0.4, -0.2) is 55.0 Å². The SMILES string of the molecule is COc1ccc2c(c1)CCN1CC[C@@H](CN3C(=O)CNC3=O)C[C@@H]21. The van der Waals surface area contributed by atoms with Crippen LogP contribution in [-0.2, 0) is 11.2 Å². The first-order chi connectivity index (χ1) is 11.7. The van der Waals surface area contributed by atoms with Crippen LogP contribution in [0.2, 0.25) is 0 Å². The fourth-order valence-corrected chi connectivity index (χ4v) is 4.26. The molecule has 0 spiro atoms. The Morgan fingerprint density at radius 3 is 2.92 bits per heavy atom. The zero-order valence-electron chi connectivity index (χ0n) is 14.0. The molecule has 4 rings (SSSR count). The van der Waals surface area contributed by atoms with Crippen LogP contribution in [0.3, 0.4) is 0 Å². The van der Waals surface area contributed by atoms with Gasteiger partial charge in [0.05, 0.1) is 13.7 Å². The molecule has 1 aromatic rings. The monoisotopic (exact) mass is 329 g/mol. The van der Waals surface area contributed by atoms with Crippen LogP contribution in [0.15, 0.2) is 18.2 Å². The van der Waals surface area contributed by atoms with Crippen molar-refractivity contribution in [3.05, 3.63) is 29.3 Å². The molecule has 3 heterocycles. The van der Waals surface area contributed by atoms with Crippen LogP contribution in [0.5, 0.6) is 5.75 Å². The molecule has 2 fully saturated rings. The highest BCUT2D eigenvalue weighted by Crippen LogP contribution is 2.40. The highest BCUT2D eigenvalue weighted by Gasteiger charge is 2.37. The largest absolute Gasteiger partial charge is 0.497 e. The number of rotatable bonds is 3. The van der Waals surface area contributed by atoms with Crippen LogP contribution >= 0.6 is 0 Å². The summed E-state index contributed by atoms with van der Waals surface area (Å²) in [5.41, 5.74) is 2.75. The third-order valence-electron chi connectivity index (χ3n) is 5.58. The first-order valence-corrected chi connectivity index (χ1v) is 8.65. The van der Waals surface area contributed by atoms with Gasteiger partial charge in [-0.05, 0) is 55.0 Å². The molecule has 0 radical (unpaired) electrons. The van der Waals surface area contributed by atoms with E-state index in [1.165, 1.54) is 16.0 Å². The van der Waals surface area contributed by atoms with E-state index in [0.717, 1.165) is 38.1 Å². The molecule has 2 saturated heterocycles. The predicted octanol–water partition coefficient (Wildman–Crippen LogP) is 1.56. The molecule has 0 bridgehead atoms. The number of ether oxygens (including phenoxy) is 1. The Kier molecular flexibility index (Phi) is 3.92. The second kappa shape index (κ2) is 6.09. The molecule has 6 nitrogen and oxygen atoms in total. The molecule has 1 N–H and O–H groups in total. The van der Waals surface area contributed by atoms with Gasteiger partial charge in [0.2, 0.25) is 5.91 Å². The lowest BCUT2D eigenvalue weighted by atomic mass is 9.82. The first-order valence-electron chi connectivity index (χ1n) is 8.65. The van der Waals surface area contributed by atoms with Gasteiger partial charge in [-0.2, -0.15) is 0 Å². The highest BCUT2D eigenvalue weighted by molar-refractivity contribution is 6.01. The number of methoxy groups -OCH3 is 1. The van der Waals surface area contributed by atoms with E-state index in [9.17, 15) is 9.59 Å². The van der Waals surface area contributed by atoms with Crippen molar-refractivity contribution in [1.82, 2.24) is 15.1 Å². The van der Waals surface area contributed by atoms with E-state index in [4.69, 9.17) is 4.74 Å². The third kappa shape index (κ3) is 2.65. The highest BCUT2D eigenvalue weighted by atomic mass is 16.5. The minimum Gasteiger partial charge on any atom is -0.497 e. The summed E-state index contributed by atoms with van der Waals surface area (Å²) in [5, 5.41) is 2.61. The summed E-state index contributed by atoms with van der Waals surface area (Å²) in [5.74, 6) is 1.18. The number of hydrogen-bond acceptors (Lipinski definition) is 4. The van der Waals surface area contributed by atoms with Crippen molar-refractivity contribution in [3.8, 4) is 5.75 Å². The van der Waals surface area contributed by atoms with Gasteiger partial charge in [-0.25, -0.2) is 4.79 Å².